The fourth-order valence-corrected chi connectivity index (χ4v) is 1.79. The van der Waals surface area contributed by atoms with Gasteiger partial charge in [0.05, 0.1) is 0 Å². The van der Waals surface area contributed by atoms with E-state index in [1.165, 1.54) is 21.6 Å². The van der Waals surface area contributed by atoms with Crippen molar-refractivity contribution >= 4 is 18.2 Å². The molecule has 1 aromatic carbocycles. The normalized spacial score (nSPS) is 12.5. The van der Waals surface area contributed by atoms with E-state index in [0.717, 1.165) is 6.42 Å². The molecule has 0 atom stereocenters. The maximum absolute atomic E-state index is 3.77. The minimum atomic E-state index is 1.06. The minimum absolute atomic E-state index is 1.06. The lowest BCUT2D eigenvalue weighted by Crippen LogP contribution is -2.25. The first-order valence-electron chi connectivity index (χ1n) is 6.79. The third kappa shape index (κ3) is 4.75. The summed E-state index contributed by atoms with van der Waals surface area (Å²) in [7, 11) is 0. The molecule has 1 rings (SSSR count). The average Bonchev–Trinajstić information content (AvgIpc) is 2.38. The topological polar surface area (TPSA) is 0 Å². The highest BCUT2D eigenvalue weighted by Gasteiger charge is 1.94. The molecule has 0 heteroatoms. The Kier molecular flexibility index (Phi) is 8.65. The summed E-state index contributed by atoms with van der Waals surface area (Å²) in [4.78, 5) is 0. The van der Waals surface area contributed by atoms with Crippen molar-refractivity contribution in [3.05, 3.63) is 52.4 Å². The van der Waals surface area contributed by atoms with E-state index in [-0.39, 0.29) is 0 Å². The predicted octanol–water partition coefficient (Wildman–Crippen LogP) is 4.21. The second kappa shape index (κ2) is 9.47. The lowest BCUT2D eigenvalue weighted by molar-refractivity contribution is 1.27. The van der Waals surface area contributed by atoms with Gasteiger partial charge >= 0.3 is 0 Å². The Morgan fingerprint density at radius 3 is 2.33 bits per heavy atom. The zero-order valence-electron chi connectivity index (χ0n) is 12.5. The number of hydrogen-bond acceptors (Lipinski definition) is 0. The SMILES string of the molecule is C=C/C=c1/cc(/C=C\C)c(C)c/c1=C/CC.CC. The number of benzene rings is 1. The summed E-state index contributed by atoms with van der Waals surface area (Å²) >= 11 is 0. The van der Waals surface area contributed by atoms with E-state index < -0.39 is 0 Å². The van der Waals surface area contributed by atoms with Gasteiger partial charge in [-0.3, -0.25) is 0 Å². The Bertz CT molecular complexity index is 502. The van der Waals surface area contributed by atoms with Gasteiger partial charge < -0.3 is 0 Å². The first-order valence-corrected chi connectivity index (χ1v) is 6.79. The van der Waals surface area contributed by atoms with E-state index in [4.69, 9.17) is 0 Å². The molecule has 0 aliphatic rings. The Hall–Kier alpha value is -1.56. The summed E-state index contributed by atoms with van der Waals surface area (Å²) in [6, 6.07) is 4.46. The average molecular weight is 242 g/mol. The van der Waals surface area contributed by atoms with Gasteiger partial charge in [-0.2, -0.15) is 0 Å². The van der Waals surface area contributed by atoms with E-state index in [1.54, 1.807) is 0 Å². The van der Waals surface area contributed by atoms with Crippen molar-refractivity contribution in [2.24, 2.45) is 0 Å². The summed E-state index contributed by atoms with van der Waals surface area (Å²) in [5, 5.41) is 2.55. The molecule has 0 aliphatic carbocycles. The molecule has 0 heterocycles. The van der Waals surface area contributed by atoms with E-state index in [1.807, 2.05) is 26.8 Å². The molecular formula is C18H26. The van der Waals surface area contributed by atoms with Gasteiger partial charge in [0.2, 0.25) is 0 Å². The van der Waals surface area contributed by atoms with Crippen molar-refractivity contribution in [2.75, 3.05) is 0 Å². The van der Waals surface area contributed by atoms with Crippen LogP contribution < -0.4 is 10.4 Å². The molecule has 0 radical (unpaired) electrons. The monoisotopic (exact) mass is 242 g/mol. The van der Waals surface area contributed by atoms with Gasteiger partial charge in [0.25, 0.3) is 0 Å². The van der Waals surface area contributed by atoms with Gasteiger partial charge in [-0.15, -0.1) is 0 Å². The summed E-state index contributed by atoms with van der Waals surface area (Å²) in [5.41, 5.74) is 2.60. The molecule has 0 nitrogen and oxygen atoms in total. The van der Waals surface area contributed by atoms with E-state index in [2.05, 4.69) is 56.9 Å². The molecule has 0 bridgehead atoms. The highest BCUT2D eigenvalue weighted by atomic mass is 14.0. The molecule has 0 saturated carbocycles. The van der Waals surface area contributed by atoms with E-state index in [0.29, 0.717) is 0 Å². The highest BCUT2D eigenvalue weighted by molar-refractivity contribution is 5.55. The number of allylic oxidation sites excluding steroid dienone is 2. The van der Waals surface area contributed by atoms with Crippen LogP contribution in [0.5, 0.6) is 0 Å². The van der Waals surface area contributed by atoms with Crippen LogP contribution >= 0.6 is 0 Å². The quantitative estimate of drug-likeness (QED) is 0.745. The molecule has 18 heavy (non-hydrogen) atoms. The van der Waals surface area contributed by atoms with Crippen LogP contribution in [0.25, 0.3) is 18.2 Å². The number of rotatable bonds is 3. The largest absolute Gasteiger partial charge is 0.0990 e. The summed E-state index contributed by atoms with van der Waals surface area (Å²) in [6.07, 6.45) is 11.4. The van der Waals surface area contributed by atoms with Crippen LogP contribution in [0, 0.1) is 6.92 Å². The van der Waals surface area contributed by atoms with Crippen LogP contribution in [-0.2, 0) is 0 Å². The van der Waals surface area contributed by atoms with Gasteiger partial charge in [0.15, 0.2) is 0 Å². The first-order chi connectivity index (χ1) is 8.72. The standard InChI is InChI=1S/C16H20.C2H6/c1-5-8-14-12-16(10-7-3)15(9-6-2)11-13(14)4;1-2/h5,7-12H,3,6H2,1-2,4H3;1-2H3/b8-5-,15-9-,16-10-;. The van der Waals surface area contributed by atoms with Gasteiger partial charge in [0.1, 0.15) is 0 Å². The second-order valence-electron chi connectivity index (χ2n) is 3.85. The fourth-order valence-electron chi connectivity index (χ4n) is 1.79. The number of hydrogen-bond donors (Lipinski definition) is 0. The Morgan fingerprint density at radius 1 is 1.17 bits per heavy atom. The lowest BCUT2D eigenvalue weighted by atomic mass is 10.0. The zero-order valence-corrected chi connectivity index (χ0v) is 12.5. The van der Waals surface area contributed by atoms with Crippen molar-refractivity contribution in [3.63, 3.8) is 0 Å². The molecular weight excluding hydrogens is 216 g/mol. The second-order valence-corrected chi connectivity index (χ2v) is 3.85. The molecule has 98 valence electrons. The molecule has 0 fully saturated rings. The molecule has 0 unspecified atom stereocenters. The Morgan fingerprint density at radius 2 is 1.83 bits per heavy atom. The van der Waals surface area contributed by atoms with Gasteiger partial charge in [-0.1, -0.05) is 63.8 Å². The van der Waals surface area contributed by atoms with Crippen LogP contribution in [-0.4, -0.2) is 0 Å². The smallest absolute Gasteiger partial charge is 0.0181 e. The third-order valence-electron chi connectivity index (χ3n) is 2.54. The van der Waals surface area contributed by atoms with E-state index >= 15 is 0 Å². The fraction of sp³-hybridized carbons (Fsp3) is 0.333. The van der Waals surface area contributed by atoms with Crippen molar-refractivity contribution in [1.82, 2.24) is 0 Å². The molecule has 0 saturated heterocycles. The maximum atomic E-state index is 3.77. The summed E-state index contributed by atoms with van der Waals surface area (Å²) in [5.74, 6) is 0. The van der Waals surface area contributed by atoms with Gasteiger partial charge in [0, 0.05) is 0 Å². The zero-order chi connectivity index (χ0) is 14.0. The van der Waals surface area contributed by atoms with Crippen molar-refractivity contribution in [1.29, 1.82) is 0 Å². The van der Waals surface area contributed by atoms with Crippen LogP contribution in [0.4, 0.5) is 0 Å². The predicted molar refractivity (Wildman–Crippen MR) is 85.9 cm³/mol. The maximum Gasteiger partial charge on any atom is -0.0181 e. The number of aryl methyl sites for hydroxylation is 1. The Labute approximate surface area is 112 Å². The molecule has 0 aromatic heterocycles. The van der Waals surface area contributed by atoms with Crippen LogP contribution in [0.3, 0.4) is 0 Å². The molecule has 1 aromatic rings. The van der Waals surface area contributed by atoms with Crippen molar-refractivity contribution in [2.45, 2.75) is 41.0 Å². The van der Waals surface area contributed by atoms with E-state index in [9.17, 15) is 0 Å². The van der Waals surface area contributed by atoms with Crippen molar-refractivity contribution in [3.8, 4) is 0 Å². The van der Waals surface area contributed by atoms with Crippen LogP contribution in [0.15, 0.2) is 30.9 Å². The van der Waals surface area contributed by atoms with Crippen LogP contribution in [0.2, 0.25) is 0 Å². The molecule has 0 spiro atoms. The summed E-state index contributed by atoms with van der Waals surface area (Å²) in [6.45, 7) is 14.1. The van der Waals surface area contributed by atoms with Crippen molar-refractivity contribution < 1.29 is 0 Å². The van der Waals surface area contributed by atoms with Gasteiger partial charge in [-0.05, 0) is 47.9 Å². The Balaban J connectivity index is 0.00000137. The lowest BCUT2D eigenvalue weighted by Gasteiger charge is -2.01. The highest BCUT2D eigenvalue weighted by Crippen LogP contribution is 2.04. The summed E-state index contributed by atoms with van der Waals surface area (Å²) < 4.78 is 0. The first kappa shape index (κ1) is 16.4. The third-order valence-corrected chi connectivity index (χ3v) is 2.54. The molecule has 0 N–H and O–H groups in total. The molecule has 0 aliphatic heterocycles. The van der Waals surface area contributed by atoms with Crippen LogP contribution in [0.1, 0.15) is 45.2 Å². The minimum Gasteiger partial charge on any atom is -0.0990 e. The molecule has 0 amide bonds. The van der Waals surface area contributed by atoms with Gasteiger partial charge in [-0.25, -0.2) is 0 Å².